The van der Waals surface area contributed by atoms with Gasteiger partial charge in [-0.1, -0.05) is 49.1 Å². The van der Waals surface area contributed by atoms with Crippen molar-refractivity contribution in [1.29, 1.82) is 5.26 Å². The van der Waals surface area contributed by atoms with Gasteiger partial charge in [0.15, 0.2) is 5.78 Å². The van der Waals surface area contributed by atoms with Crippen molar-refractivity contribution in [1.82, 2.24) is 0 Å². The summed E-state index contributed by atoms with van der Waals surface area (Å²) in [5.74, 6) is 0.678. The van der Waals surface area contributed by atoms with Crippen molar-refractivity contribution in [2.75, 3.05) is 7.11 Å². The lowest BCUT2D eigenvalue weighted by Gasteiger charge is -2.13. The Bertz CT molecular complexity index is 1110. The summed E-state index contributed by atoms with van der Waals surface area (Å²) in [4.78, 5) is 11.7. The number of nitriles is 1. The molecule has 0 fully saturated rings. The molecule has 3 heteroatoms. The van der Waals surface area contributed by atoms with Gasteiger partial charge >= 0.3 is 0 Å². The first-order valence-corrected chi connectivity index (χ1v) is 9.71. The maximum atomic E-state index is 11.7. The second kappa shape index (κ2) is 10.2. The van der Waals surface area contributed by atoms with Crippen LogP contribution in [0.2, 0.25) is 0 Å². The first-order chi connectivity index (χ1) is 14.3. The molecule has 0 saturated heterocycles. The first kappa shape index (κ1) is 22.6. The van der Waals surface area contributed by atoms with Gasteiger partial charge in [-0.2, -0.15) is 5.26 Å². The maximum Gasteiger partial charge on any atom is 0.159 e. The SMILES string of the molecule is C=C\C=C(/C(C)=C(C)/C=C(\C)c1ccc(C(C)=O)cc1OC)c1cccc(C#N)c1. The van der Waals surface area contributed by atoms with Gasteiger partial charge in [-0.25, -0.2) is 0 Å². The molecule has 0 aliphatic rings. The van der Waals surface area contributed by atoms with Gasteiger partial charge in [0.05, 0.1) is 18.7 Å². The zero-order valence-electron chi connectivity index (χ0n) is 18.2. The van der Waals surface area contributed by atoms with Crippen LogP contribution >= 0.6 is 0 Å². The number of allylic oxidation sites excluding steroid dienone is 7. The van der Waals surface area contributed by atoms with E-state index in [9.17, 15) is 10.1 Å². The molecular formula is C27H27NO2. The molecule has 30 heavy (non-hydrogen) atoms. The fourth-order valence-corrected chi connectivity index (χ4v) is 3.27. The average molecular weight is 398 g/mol. The Kier molecular flexibility index (Phi) is 7.72. The summed E-state index contributed by atoms with van der Waals surface area (Å²) < 4.78 is 5.52. The van der Waals surface area contributed by atoms with Crippen molar-refractivity contribution in [2.45, 2.75) is 27.7 Å². The quantitative estimate of drug-likeness (QED) is 0.382. The minimum absolute atomic E-state index is 0.00667. The molecule has 0 aromatic heterocycles. The second-order valence-corrected chi connectivity index (χ2v) is 7.12. The van der Waals surface area contributed by atoms with Crippen LogP contribution in [0, 0.1) is 11.3 Å². The van der Waals surface area contributed by atoms with Crippen molar-refractivity contribution in [2.24, 2.45) is 0 Å². The van der Waals surface area contributed by atoms with Gasteiger partial charge in [0.2, 0.25) is 0 Å². The highest BCUT2D eigenvalue weighted by Gasteiger charge is 2.11. The standard InChI is InChI=1S/C27H27NO2/c1-7-9-26(24-11-8-10-22(15-24)17-28)20(4)18(2)14-19(3)25-13-12-23(21(5)29)16-27(25)30-6/h7-16H,1H2,2-6H3/b19-14+,20-18+,26-9+. The first-order valence-electron chi connectivity index (χ1n) is 9.71. The van der Waals surface area contributed by atoms with Gasteiger partial charge in [-0.05, 0) is 73.7 Å². The molecule has 0 saturated carbocycles. The van der Waals surface area contributed by atoms with Crippen LogP contribution in [0.5, 0.6) is 5.75 Å². The molecule has 0 aliphatic carbocycles. The Morgan fingerprint density at radius 2 is 1.80 bits per heavy atom. The van der Waals surface area contributed by atoms with Crippen LogP contribution in [0.15, 0.2) is 78.4 Å². The summed E-state index contributed by atoms with van der Waals surface area (Å²) in [5.41, 5.74) is 7.38. The van der Waals surface area contributed by atoms with Crippen LogP contribution < -0.4 is 4.74 Å². The van der Waals surface area contributed by atoms with E-state index in [-0.39, 0.29) is 5.78 Å². The molecule has 0 aliphatic heterocycles. The molecule has 0 amide bonds. The highest BCUT2D eigenvalue weighted by atomic mass is 16.5. The number of Topliss-reactive ketones (excluding diaryl/α,β-unsaturated/α-hetero) is 1. The minimum atomic E-state index is 0.00667. The fraction of sp³-hybridized carbons (Fsp3) is 0.185. The Hall–Kier alpha value is -3.64. The monoisotopic (exact) mass is 397 g/mol. The van der Waals surface area contributed by atoms with Crippen LogP contribution in [0.3, 0.4) is 0 Å². The molecule has 0 heterocycles. The van der Waals surface area contributed by atoms with Gasteiger partial charge in [-0.15, -0.1) is 0 Å². The molecule has 152 valence electrons. The van der Waals surface area contributed by atoms with Gasteiger partial charge in [0.25, 0.3) is 0 Å². The number of carbonyl (C=O) groups is 1. The maximum absolute atomic E-state index is 11.7. The van der Waals surface area contributed by atoms with Gasteiger partial charge in [0.1, 0.15) is 5.75 Å². The molecule has 0 bridgehead atoms. The number of hydrogen-bond donors (Lipinski definition) is 0. The summed E-state index contributed by atoms with van der Waals surface area (Å²) in [6.07, 6.45) is 5.82. The zero-order valence-corrected chi connectivity index (χ0v) is 18.2. The molecular weight excluding hydrogens is 370 g/mol. The van der Waals surface area contributed by atoms with Gasteiger partial charge in [0, 0.05) is 11.1 Å². The van der Waals surface area contributed by atoms with Gasteiger partial charge in [-0.3, -0.25) is 4.79 Å². The lowest BCUT2D eigenvalue weighted by molar-refractivity contribution is 0.101. The molecule has 0 unspecified atom stereocenters. The van der Waals surface area contributed by atoms with E-state index in [1.54, 1.807) is 32.2 Å². The number of rotatable bonds is 7. The van der Waals surface area contributed by atoms with E-state index < -0.39 is 0 Å². The summed E-state index contributed by atoms with van der Waals surface area (Å²) in [5, 5.41) is 9.23. The highest BCUT2D eigenvalue weighted by Crippen LogP contribution is 2.31. The van der Waals surface area contributed by atoms with Crippen molar-refractivity contribution < 1.29 is 9.53 Å². The third-order valence-corrected chi connectivity index (χ3v) is 5.05. The largest absolute Gasteiger partial charge is 0.496 e. The smallest absolute Gasteiger partial charge is 0.159 e. The predicted molar refractivity (Wildman–Crippen MR) is 124 cm³/mol. The van der Waals surface area contributed by atoms with E-state index in [4.69, 9.17) is 4.74 Å². The number of nitrogens with zero attached hydrogens (tertiary/aromatic N) is 1. The Morgan fingerprint density at radius 3 is 2.40 bits per heavy atom. The van der Waals surface area contributed by atoms with Crippen molar-refractivity contribution in [3.63, 3.8) is 0 Å². The number of methoxy groups -OCH3 is 1. The summed E-state index contributed by atoms with van der Waals surface area (Å²) in [6, 6.07) is 15.3. The number of benzene rings is 2. The predicted octanol–water partition coefficient (Wildman–Crippen LogP) is 6.78. The lowest BCUT2D eigenvalue weighted by Crippen LogP contribution is -1.97. The second-order valence-electron chi connectivity index (χ2n) is 7.12. The van der Waals surface area contributed by atoms with Crippen LogP contribution in [0.1, 0.15) is 54.7 Å². The zero-order chi connectivity index (χ0) is 22.3. The summed E-state index contributed by atoms with van der Waals surface area (Å²) >= 11 is 0. The van der Waals surface area contributed by atoms with E-state index in [1.165, 1.54) is 0 Å². The molecule has 2 aromatic rings. The molecule has 0 atom stereocenters. The topological polar surface area (TPSA) is 50.1 Å². The van der Waals surface area contributed by atoms with Gasteiger partial charge < -0.3 is 4.74 Å². The Balaban J connectivity index is 2.52. The van der Waals surface area contributed by atoms with E-state index in [0.29, 0.717) is 16.9 Å². The van der Waals surface area contributed by atoms with Crippen LogP contribution in [0.25, 0.3) is 11.1 Å². The van der Waals surface area contributed by atoms with Crippen LogP contribution in [-0.2, 0) is 0 Å². The Morgan fingerprint density at radius 1 is 1.07 bits per heavy atom. The molecule has 2 rings (SSSR count). The summed E-state index contributed by atoms with van der Waals surface area (Å²) in [7, 11) is 1.61. The molecule has 0 spiro atoms. The average Bonchev–Trinajstić information content (AvgIpc) is 2.76. The Labute approximate surface area is 179 Å². The highest BCUT2D eigenvalue weighted by molar-refractivity contribution is 5.95. The van der Waals surface area contributed by atoms with Crippen LogP contribution in [0.4, 0.5) is 0 Å². The van der Waals surface area contributed by atoms with Crippen molar-refractivity contribution in [3.05, 3.63) is 101 Å². The fourth-order valence-electron chi connectivity index (χ4n) is 3.27. The van der Waals surface area contributed by atoms with E-state index in [1.807, 2.05) is 43.3 Å². The van der Waals surface area contributed by atoms with Crippen molar-refractivity contribution >= 4 is 16.9 Å². The van der Waals surface area contributed by atoms with Crippen LogP contribution in [-0.4, -0.2) is 12.9 Å². The van der Waals surface area contributed by atoms with E-state index in [2.05, 4.69) is 32.6 Å². The number of carbonyl (C=O) groups excluding carboxylic acids is 1. The minimum Gasteiger partial charge on any atom is -0.496 e. The number of ether oxygens (including phenoxy) is 1. The summed E-state index contributed by atoms with van der Waals surface area (Å²) in [6.45, 7) is 11.5. The molecule has 0 N–H and O–H groups in total. The molecule has 3 nitrogen and oxygen atoms in total. The number of ketones is 1. The normalized spacial score (nSPS) is 12.7. The third kappa shape index (κ3) is 5.24. The molecule has 0 radical (unpaired) electrons. The third-order valence-electron chi connectivity index (χ3n) is 5.05. The van der Waals surface area contributed by atoms with E-state index in [0.717, 1.165) is 33.4 Å². The number of hydrogen-bond acceptors (Lipinski definition) is 3. The van der Waals surface area contributed by atoms with Crippen molar-refractivity contribution in [3.8, 4) is 11.8 Å². The lowest BCUT2D eigenvalue weighted by atomic mass is 9.92. The van der Waals surface area contributed by atoms with E-state index >= 15 is 0 Å². The molecule has 2 aromatic carbocycles.